The highest BCUT2D eigenvalue weighted by Gasteiger charge is 2.08. The Morgan fingerprint density at radius 3 is 2.69 bits per heavy atom. The highest BCUT2D eigenvalue weighted by Crippen LogP contribution is 2.17. The van der Waals surface area contributed by atoms with E-state index >= 15 is 0 Å². The number of aromatic nitrogens is 4. The second-order valence-corrected chi connectivity index (χ2v) is 6.41. The average molecular weight is 501 g/mol. The van der Waals surface area contributed by atoms with Crippen LogP contribution in [0.2, 0.25) is 0 Å². The zero-order chi connectivity index (χ0) is 19.2. The van der Waals surface area contributed by atoms with E-state index < -0.39 is 0 Å². The minimum Gasteiger partial charge on any atom is -0.361 e. The first kappa shape index (κ1) is 20.8. The molecule has 29 heavy (non-hydrogen) atoms. The van der Waals surface area contributed by atoms with Crippen LogP contribution in [0.1, 0.15) is 11.4 Å². The predicted molar refractivity (Wildman–Crippen MR) is 127 cm³/mol. The van der Waals surface area contributed by atoms with Gasteiger partial charge in [-0.25, -0.2) is 0 Å². The zero-order valence-corrected chi connectivity index (χ0v) is 18.5. The van der Waals surface area contributed by atoms with Gasteiger partial charge in [0.2, 0.25) is 0 Å². The summed E-state index contributed by atoms with van der Waals surface area (Å²) in [7, 11) is 1.77. The summed E-state index contributed by atoms with van der Waals surface area (Å²) in [6.07, 6.45) is 4.70. The number of halogens is 1. The Labute approximate surface area is 186 Å². The lowest BCUT2D eigenvalue weighted by atomic mass is 10.1. The summed E-state index contributed by atoms with van der Waals surface area (Å²) in [5.41, 5.74) is 3.49. The molecular formula is C21H24IN7. The van der Waals surface area contributed by atoms with Gasteiger partial charge >= 0.3 is 0 Å². The second kappa shape index (κ2) is 10.1. The van der Waals surface area contributed by atoms with Gasteiger partial charge in [0.25, 0.3) is 0 Å². The van der Waals surface area contributed by atoms with Crippen molar-refractivity contribution in [2.24, 2.45) is 4.99 Å². The maximum atomic E-state index is 4.30. The van der Waals surface area contributed by atoms with E-state index in [0.29, 0.717) is 6.54 Å². The van der Waals surface area contributed by atoms with Crippen molar-refractivity contribution in [2.45, 2.75) is 13.0 Å². The third-order valence-electron chi connectivity index (χ3n) is 4.65. The third-order valence-corrected chi connectivity index (χ3v) is 4.65. The molecular weight excluding hydrogens is 477 g/mol. The van der Waals surface area contributed by atoms with Crippen LogP contribution in [0.3, 0.4) is 0 Å². The molecule has 0 unspecified atom stereocenters. The maximum Gasteiger partial charge on any atom is 0.191 e. The molecule has 2 aromatic heterocycles. The van der Waals surface area contributed by atoms with E-state index in [1.54, 1.807) is 13.4 Å². The van der Waals surface area contributed by atoms with Gasteiger partial charge in [-0.2, -0.15) is 0 Å². The van der Waals surface area contributed by atoms with Crippen LogP contribution in [0, 0.1) is 0 Å². The fraction of sp³-hybridized carbons (Fsp3) is 0.190. The summed E-state index contributed by atoms with van der Waals surface area (Å²) in [6.45, 7) is 1.31. The Bertz CT molecular complexity index is 1070. The number of guanidine groups is 1. The fourth-order valence-electron chi connectivity index (χ4n) is 3.22. The van der Waals surface area contributed by atoms with E-state index in [0.717, 1.165) is 30.4 Å². The standard InChI is InChI=1S/C21H23N7.HI/c1-22-21(23-12-11-16-13-24-19-10-6-5-9-18(16)19)25-14-20-27-26-15-28(20)17-7-3-2-4-8-17;/h2-10,13,15,24H,11-12,14H2,1H3,(H2,22,23,25);1H. The van der Waals surface area contributed by atoms with Gasteiger partial charge in [0.05, 0.1) is 6.54 Å². The second-order valence-electron chi connectivity index (χ2n) is 6.41. The molecule has 8 heteroatoms. The summed E-state index contributed by atoms with van der Waals surface area (Å²) >= 11 is 0. The Morgan fingerprint density at radius 1 is 1.07 bits per heavy atom. The molecule has 0 radical (unpaired) electrons. The highest BCUT2D eigenvalue weighted by atomic mass is 127. The lowest BCUT2D eigenvalue weighted by Gasteiger charge is -2.12. The number of benzene rings is 2. The van der Waals surface area contributed by atoms with Gasteiger partial charge in [-0.3, -0.25) is 9.56 Å². The first-order valence-corrected chi connectivity index (χ1v) is 9.29. The van der Waals surface area contributed by atoms with Crippen molar-refractivity contribution in [2.75, 3.05) is 13.6 Å². The molecule has 0 bridgehead atoms. The monoisotopic (exact) mass is 501 g/mol. The van der Waals surface area contributed by atoms with Crippen molar-refractivity contribution in [3.8, 4) is 5.69 Å². The highest BCUT2D eigenvalue weighted by molar-refractivity contribution is 14.0. The molecule has 150 valence electrons. The molecule has 0 fully saturated rings. The van der Waals surface area contributed by atoms with Crippen molar-refractivity contribution in [3.05, 3.63) is 78.5 Å². The largest absolute Gasteiger partial charge is 0.361 e. The summed E-state index contributed by atoms with van der Waals surface area (Å²) < 4.78 is 1.96. The molecule has 0 aliphatic heterocycles. The average Bonchev–Trinajstić information content (AvgIpc) is 3.38. The van der Waals surface area contributed by atoms with Gasteiger partial charge < -0.3 is 15.6 Å². The molecule has 0 atom stereocenters. The van der Waals surface area contributed by atoms with E-state index in [2.05, 4.69) is 55.2 Å². The molecule has 4 aromatic rings. The smallest absolute Gasteiger partial charge is 0.191 e. The number of aromatic amines is 1. The molecule has 7 nitrogen and oxygen atoms in total. The quantitative estimate of drug-likeness (QED) is 0.215. The number of nitrogens with one attached hydrogen (secondary N) is 3. The van der Waals surface area contributed by atoms with Crippen LogP contribution >= 0.6 is 24.0 Å². The third kappa shape index (κ3) is 4.94. The summed E-state index contributed by atoms with van der Waals surface area (Å²) in [5.74, 6) is 1.56. The molecule has 2 heterocycles. The molecule has 0 aliphatic rings. The minimum absolute atomic E-state index is 0. The van der Waals surface area contributed by atoms with E-state index in [4.69, 9.17) is 0 Å². The SMILES string of the molecule is CN=C(NCCc1c[nH]c2ccccc12)NCc1nncn1-c1ccccc1.I. The lowest BCUT2D eigenvalue weighted by Crippen LogP contribution is -2.38. The van der Waals surface area contributed by atoms with Gasteiger partial charge in [0.1, 0.15) is 6.33 Å². The van der Waals surface area contributed by atoms with E-state index in [9.17, 15) is 0 Å². The van der Waals surface area contributed by atoms with Crippen molar-refractivity contribution >= 4 is 40.8 Å². The number of H-pyrrole nitrogens is 1. The molecule has 2 aromatic carbocycles. The van der Waals surface area contributed by atoms with Crippen LogP contribution in [0.5, 0.6) is 0 Å². The van der Waals surface area contributed by atoms with Crippen LogP contribution in [-0.4, -0.2) is 39.3 Å². The van der Waals surface area contributed by atoms with Crippen molar-refractivity contribution in [1.29, 1.82) is 0 Å². The van der Waals surface area contributed by atoms with Gasteiger partial charge in [-0.1, -0.05) is 36.4 Å². The number of rotatable bonds is 6. The van der Waals surface area contributed by atoms with Gasteiger partial charge in [-0.05, 0) is 30.2 Å². The van der Waals surface area contributed by atoms with E-state index in [1.807, 2.05) is 41.0 Å². The van der Waals surface area contributed by atoms with Crippen molar-refractivity contribution < 1.29 is 0 Å². The summed E-state index contributed by atoms with van der Waals surface area (Å²) in [5, 5.41) is 16.2. The zero-order valence-electron chi connectivity index (χ0n) is 16.2. The number of hydrogen-bond acceptors (Lipinski definition) is 3. The Morgan fingerprint density at radius 2 is 1.86 bits per heavy atom. The van der Waals surface area contributed by atoms with Crippen molar-refractivity contribution in [3.63, 3.8) is 0 Å². The molecule has 3 N–H and O–H groups in total. The van der Waals surface area contributed by atoms with Crippen LogP contribution in [0.4, 0.5) is 0 Å². The maximum absolute atomic E-state index is 4.30. The topological polar surface area (TPSA) is 82.9 Å². The normalized spacial score (nSPS) is 11.3. The van der Waals surface area contributed by atoms with Crippen LogP contribution in [0.15, 0.2) is 72.1 Å². The van der Waals surface area contributed by atoms with Crippen LogP contribution in [-0.2, 0) is 13.0 Å². The molecule has 0 spiro atoms. The lowest BCUT2D eigenvalue weighted by molar-refractivity contribution is 0.750. The number of aliphatic imine (C=N–C) groups is 1. The van der Waals surface area contributed by atoms with Crippen LogP contribution in [0.25, 0.3) is 16.6 Å². The fourth-order valence-corrected chi connectivity index (χ4v) is 3.22. The number of hydrogen-bond donors (Lipinski definition) is 3. The Kier molecular flexibility index (Phi) is 7.23. The van der Waals surface area contributed by atoms with Crippen LogP contribution < -0.4 is 10.6 Å². The van der Waals surface area contributed by atoms with Gasteiger partial charge in [0, 0.05) is 36.4 Å². The Hall–Kier alpha value is -2.88. The summed E-state index contributed by atoms with van der Waals surface area (Å²) in [4.78, 5) is 7.61. The van der Waals surface area contributed by atoms with Crippen molar-refractivity contribution in [1.82, 2.24) is 30.4 Å². The minimum atomic E-state index is 0. The molecule has 0 aliphatic carbocycles. The predicted octanol–water partition coefficient (Wildman–Crippen LogP) is 3.27. The molecule has 0 saturated heterocycles. The molecule has 0 amide bonds. The first-order valence-electron chi connectivity index (χ1n) is 9.29. The first-order chi connectivity index (χ1) is 13.8. The molecule has 0 saturated carbocycles. The van der Waals surface area contributed by atoms with E-state index in [1.165, 1.54) is 16.5 Å². The number of para-hydroxylation sites is 2. The van der Waals surface area contributed by atoms with Gasteiger partial charge in [-0.15, -0.1) is 34.2 Å². The number of nitrogens with zero attached hydrogens (tertiary/aromatic N) is 4. The molecule has 4 rings (SSSR count). The number of fused-ring (bicyclic) bond motifs is 1. The summed E-state index contributed by atoms with van der Waals surface area (Å²) in [6, 6.07) is 18.4. The van der Waals surface area contributed by atoms with Gasteiger partial charge in [0.15, 0.2) is 11.8 Å². The van der Waals surface area contributed by atoms with E-state index in [-0.39, 0.29) is 24.0 Å². The Balaban J connectivity index is 0.00000240.